The quantitative estimate of drug-likeness (QED) is 0.793. The van der Waals surface area contributed by atoms with E-state index in [4.69, 9.17) is 11.6 Å². The van der Waals surface area contributed by atoms with Crippen LogP contribution in [0, 0.1) is 5.82 Å². The largest absolute Gasteiger partial charge is 0.341 e. The van der Waals surface area contributed by atoms with Crippen LogP contribution in [0.3, 0.4) is 0 Å². The van der Waals surface area contributed by atoms with E-state index >= 15 is 0 Å². The standard InChI is InChI=1S/C16H22ClFN2O3S/c1-19(12-6-4-3-5-7-12)16(21)11-20(24(2,22)23)13-8-9-15(18)14(17)10-13/h8-10,12H,3-7,11H2,1-2H3. The molecule has 5 nitrogen and oxygen atoms in total. The zero-order valence-electron chi connectivity index (χ0n) is 13.8. The van der Waals surface area contributed by atoms with Gasteiger partial charge < -0.3 is 4.90 Å². The highest BCUT2D eigenvalue weighted by molar-refractivity contribution is 7.92. The van der Waals surface area contributed by atoms with Gasteiger partial charge in [0.2, 0.25) is 15.9 Å². The second-order valence-corrected chi connectivity index (χ2v) is 8.48. The van der Waals surface area contributed by atoms with Gasteiger partial charge in [0.25, 0.3) is 0 Å². The van der Waals surface area contributed by atoms with Gasteiger partial charge in [0, 0.05) is 13.1 Å². The summed E-state index contributed by atoms with van der Waals surface area (Å²) in [5, 5.41) is -0.186. The molecule has 2 rings (SSSR count). The number of hydrogen-bond acceptors (Lipinski definition) is 3. The van der Waals surface area contributed by atoms with E-state index in [9.17, 15) is 17.6 Å². The van der Waals surface area contributed by atoms with E-state index in [-0.39, 0.29) is 29.2 Å². The molecular formula is C16H22ClFN2O3S. The third-order valence-electron chi connectivity index (χ3n) is 4.39. The number of amides is 1. The molecule has 0 atom stereocenters. The van der Waals surface area contributed by atoms with E-state index < -0.39 is 15.8 Å². The molecule has 0 N–H and O–H groups in total. The number of likely N-dealkylation sites (N-methyl/N-ethyl adjacent to an activating group) is 1. The lowest BCUT2D eigenvalue weighted by Gasteiger charge is -2.33. The van der Waals surface area contributed by atoms with Crippen molar-refractivity contribution in [2.45, 2.75) is 38.1 Å². The van der Waals surface area contributed by atoms with E-state index in [0.717, 1.165) is 42.3 Å². The summed E-state index contributed by atoms with van der Waals surface area (Å²) in [6.45, 7) is -0.326. The number of carbonyl (C=O) groups is 1. The first-order valence-corrected chi connectivity index (χ1v) is 10.1. The molecule has 8 heteroatoms. The van der Waals surface area contributed by atoms with Crippen molar-refractivity contribution in [2.24, 2.45) is 0 Å². The van der Waals surface area contributed by atoms with Gasteiger partial charge in [-0.25, -0.2) is 12.8 Å². The summed E-state index contributed by atoms with van der Waals surface area (Å²) < 4.78 is 38.4. The van der Waals surface area contributed by atoms with Crippen molar-refractivity contribution < 1.29 is 17.6 Å². The Morgan fingerprint density at radius 1 is 1.29 bits per heavy atom. The number of anilines is 1. The molecule has 1 amide bonds. The predicted octanol–water partition coefficient (Wildman–Crippen LogP) is 3.04. The van der Waals surface area contributed by atoms with Crippen molar-refractivity contribution in [3.8, 4) is 0 Å². The number of benzene rings is 1. The van der Waals surface area contributed by atoms with Gasteiger partial charge in [-0.2, -0.15) is 0 Å². The van der Waals surface area contributed by atoms with Crippen LogP contribution >= 0.6 is 11.6 Å². The van der Waals surface area contributed by atoms with Crippen molar-refractivity contribution in [1.82, 2.24) is 4.90 Å². The zero-order chi connectivity index (χ0) is 17.9. The Hall–Kier alpha value is -1.34. The van der Waals surface area contributed by atoms with Crippen LogP contribution in [0.1, 0.15) is 32.1 Å². The molecule has 0 heterocycles. The average molecular weight is 377 g/mol. The summed E-state index contributed by atoms with van der Waals surface area (Å²) in [4.78, 5) is 14.2. The van der Waals surface area contributed by atoms with E-state index in [1.165, 1.54) is 18.6 Å². The lowest BCUT2D eigenvalue weighted by molar-refractivity contribution is -0.130. The zero-order valence-corrected chi connectivity index (χ0v) is 15.4. The van der Waals surface area contributed by atoms with Crippen molar-refractivity contribution >= 4 is 33.2 Å². The van der Waals surface area contributed by atoms with Crippen LogP contribution in [0.15, 0.2) is 18.2 Å². The van der Waals surface area contributed by atoms with Gasteiger partial charge in [0.1, 0.15) is 12.4 Å². The van der Waals surface area contributed by atoms with Crippen LogP contribution < -0.4 is 4.31 Å². The lowest BCUT2D eigenvalue weighted by Crippen LogP contribution is -2.45. The van der Waals surface area contributed by atoms with Gasteiger partial charge in [-0.3, -0.25) is 9.10 Å². The maximum absolute atomic E-state index is 13.3. The lowest BCUT2D eigenvalue weighted by atomic mass is 9.94. The number of halogens is 2. The minimum atomic E-state index is -3.70. The Bertz CT molecular complexity index is 705. The third kappa shape index (κ3) is 4.60. The highest BCUT2D eigenvalue weighted by Gasteiger charge is 2.27. The van der Waals surface area contributed by atoms with E-state index in [0.29, 0.717) is 0 Å². The van der Waals surface area contributed by atoms with Crippen LogP contribution in [0.4, 0.5) is 10.1 Å². The van der Waals surface area contributed by atoms with Gasteiger partial charge >= 0.3 is 0 Å². The summed E-state index contributed by atoms with van der Waals surface area (Å²) in [6, 6.07) is 3.75. The monoisotopic (exact) mass is 376 g/mol. The number of rotatable bonds is 5. The third-order valence-corrected chi connectivity index (χ3v) is 5.82. The fourth-order valence-electron chi connectivity index (χ4n) is 2.95. The van der Waals surface area contributed by atoms with Crippen LogP contribution in [-0.4, -0.2) is 45.1 Å². The Labute approximate surface area is 147 Å². The Balaban J connectivity index is 2.19. The van der Waals surface area contributed by atoms with Gasteiger partial charge in [-0.15, -0.1) is 0 Å². The summed E-state index contributed by atoms with van der Waals surface area (Å²) in [6.07, 6.45) is 6.20. The van der Waals surface area contributed by atoms with Crippen LogP contribution in [0.25, 0.3) is 0 Å². The van der Waals surface area contributed by atoms with Crippen molar-refractivity contribution in [3.05, 3.63) is 29.0 Å². The Kier molecular flexibility index (Phi) is 6.09. The van der Waals surface area contributed by atoms with E-state index in [2.05, 4.69) is 0 Å². The molecule has 0 aromatic heterocycles. The number of carbonyl (C=O) groups excluding carboxylic acids is 1. The Morgan fingerprint density at radius 3 is 2.46 bits per heavy atom. The fraction of sp³-hybridized carbons (Fsp3) is 0.562. The molecule has 1 saturated carbocycles. The topological polar surface area (TPSA) is 57.7 Å². The molecular weight excluding hydrogens is 355 g/mol. The van der Waals surface area contributed by atoms with Crippen LogP contribution in [-0.2, 0) is 14.8 Å². The van der Waals surface area contributed by atoms with Crippen LogP contribution in [0.2, 0.25) is 5.02 Å². The molecule has 0 spiro atoms. The number of nitrogens with zero attached hydrogens (tertiary/aromatic N) is 2. The summed E-state index contributed by atoms with van der Waals surface area (Å²) in [5.41, 5.74) is 0.175. The van der Waals surface area contributed by atoms with E-state index in [1.54, 1.807) is 11.9 Å². The number of sulfonamides is 1. The molecule has 1 aromatic rings. The molecule has 0 radical (unpaired) electrons. The van der Waals surface area contributed by atoms with E-state index in [1.807, 2.05) is 0 Å². The molecule has 0 unspecified atom stereocenters. The second-order valence-electron chi connectivity index (χ2n) is 6.16. The van der Waals surface area contributed by atoms with Gasteiger partial charge in [-0.05, 0) is 31.0 Å². The highest BCUT2D eigenvalue weighted by atomic mass is 35.5. The smallest absolute Gasteiger partial charge is 0.243 e. The van der Waals surface area contributed by atoms with Crippen molar-refractivity contribution in [3.63, 3.8) is 0 Å². The molecule has 134 valence electrons. The Morgan fingerprint density at radius 2 is 1.92 bits per heavy atom. The highest BCUT2D eigenvalue weighted by Crippen LogP contribution is 2.26. The molecule has 1 aliphatic rings. The van der Waals surface area contributed by atoms with Gasteiger partial charge in [0.15, 0.2) is 0 Å². The number of hydrogen-bond donors (Lipinski definition) is 0. The molecule has 24 heavy (non-hydrogen) atoms. The maximum atomic E-state index is 13.3. The molecule has 0 bridgehead atoms. The normalized spacial score (nSPS) is 16.0. The first-order valence-electron chi connectivity index (χ1n) is 7.88. The minimum Gasteiger partial charge on any atom is -0.341 e. The van der Waals surface area contributed by atoms with Gasteiger partial charge in [-0.1, -0.05) is 30.9 Å². The second kappa shape index (κ2) is 7.70. The molecule has 1 aliphatic carbocycles. The van der Waals surface area contributed by atoms with Gasteiger partial charge in [0.05, 0.1) is 17.0 Å². The molecule has 1 aromatic carbocycles. The summed E-state index contributed by atoms with van der Waals surface area (Å²) in [5.74, 6) is -0.924. The fourth-order valence-corrected chi connectivity index (χ4v) is 3.96. The molecule has 1 fully saturated rings. The van der Waals surface area contributed by atoms with Crippen molar-refractivity contribution in [2.75, 3.05) is 24.2 Å². The minimum absolute atomic E-state index is 0.143. The summed E-state index contributed by atoms with van der Waals surface area (Å²) in [7, 11) is -2.00. The molecule has 0 saturated heterocycles. The first kappa shape index (κ1) is 19.0. The first-order chi connectivity index (χ1) is 11.2. The molecule has 0 aliphatic heterocycles. The maximum Gasteiger partial charge on any atom is 0.243 e. The average Bonchev–Trinajstić information content (AvgIpc) is 2.54. The SMILES string of the molecule is CN(C(=O)CN(c1ccc(F)c(Cl)c1)S(C)(=O)=O)C1CCCCC1. The summed E-state index contributed by atoms with van der Waals surface area (Å²) >= 11 is 5.74. The van der Waals surface area contributed by atoms with Crippen LogP contribution in [0.5, 0.6) is 0 Å². The van der Waals surface area contributed by atoms with Crippen molar-refractivity contribution in [1.29, 1.82) is 0 Å². The predicted molar refractivity (Wildman–Crippen MR) is 93.2 cm³/mol.